The van der Waals surface area contributed by atoms with Crippen LogP contribution in [-0.2, 0) is 6.18 Å². The maximum atomic E-state index is 12.5. The molecule has 1 heterocycles. The third kappa shape index (κ3) is 2.98. The molecule has 1 aromatic heterocycles. The summed E-state index contributed by atoms with van der Waals surface area (Å²) in [6.45, 7) is 3.55. The molecular formula is C13H12F3N3O. The van der Waals surface area contributed by atoms with Gasteiger partial charge in [-0.25, -0.2) is 4.98 Å². The van der Waals surface area contributed by atoms with E-state index in [2.05, 4.69) is 9.97 Å². The van der Waals surface area contributed by atoms with Gasteiger partial charge >= 0.3 is 6.18 Å². The number of hydrogen-bond acceptors (Lipinski definition) is 4. The standard InChI is InChI=1S/C13H12F3N3O/c1-7-8(2)19-12(6-18-7)20-11-4-3-9(5-10(11)17)13(14,15)16/h3-6H,17H2,1-2H3. The van der Waals surface area contributed by atoms with Crippen molar-refractivity contribution in [2.75, 3.05) is 5.73 Å². The first-order valence-electron chi connectivity index (χ1n) is 5.72. The molecule has 2 N–H and O–H groups in total. The Balaban J connectivity index is 2.28. The first-order valence-corrected chi connectivity index (χ1v) is 5.72. The molecule has 0 aliphatic heterocycles. The van der Waals surface area contributed by atoms with Crippen LogP contribution in [0, 0.1) is 13.8 Å². The van der Waals surface area contributed by atoms with Crippen molar-refractivity contribution in [1.82, 2.24) is 9.97 Å². The van der Waals surface area contributed by atoms with E-state index in [1.165, 1.54) is 6.20 Å². The highest BCUT2D eigenvalue weighted by atomic mass is 19.4. The molecule has 0 atom stereocenters. The largest absolute Gasteiger partial charge is 0.435 e. The van der Waals surface area contributed by atoms with Crippen molar-refractivity contribution in [3.63, 3.8) is 0 Å². The third-order valence-corrected chi connectivity index (χ3v) is 2.72. The van der Waals surface area contributed by atoms with Crippen molar-refractivity contribution in [2.45, 2.75) is 20.0 Å². The molecule has 0 aliphatic carbocycles. The molecule has 0 radical (unpaired) electrons. The first-order chi connectivity index (χ1) is 9.27. The van der Waals surface area contributed by atoms with Crippen LogP contribution in [0.1, 0.15) is 17.0 Å². The Morgan fingerprint density at radius 2 is 1.85 bits per heavy atom. The van der Waals surface area contributed by atoms with Gasteiger partial charge in [0.1, 0.15) is 0 Å². The lowest BCUT2D eigenvalue weighted by molar-refractivity contribution is -0.137. The summed E-state index contributed by atoms with van der Waals surface area (Å²) in [6, 6.07) is 2.89. The zero-order valence-corrected chi connectivity index (χ0v) is 10.8. The average Bonchev–Trinajstić information content (AvgIpc) is 2.35. The minimum atomic E-state index is -4.44. The highest BCUT2D eigenvalue weighted by molar-refractivity contribution is 5.55. The molecule has 0 unspecified atom stereocenters. The number of nitrogens with two attached hydrogens (primary N) is 1. The maximum Gasteiger partial charge on any atom is 0.416 e. The van der Waals surface area contributed by atoms with Crippen molar-refractivity contribution >= 4 is 5.69 Å². The van der Waals surface area contributed by atoms with Crippen molar-refractivity contribution in [3.8, 4) is 11.6 Å². The van der Waals surface area contributed by atoms with Gasteiger partial charge in [-0.3, -0.25) is 4.98 Å². The summed E-state index contributed by atoms with van der Waals surface area (Å²) >= 11 is 0. The average molecular weight is 283 g/mol. The SMILES string of the molecule is Cc1ncc(Oc2ccc(C(F)(F)F)cc2N)nc1C. The second-order valence-corrected chi connectivity index (χ2v) is 4.23. The Labute approximate surface area is 113 Å². The molecule has 0 spiro atoms. The number of rotatable bonds is 2. The van der Waals surface area contributed by atoms with Crippen LogP contribution in [0.3, 0.4) is 0 Å². The number of nitrogen functional groups attached to an aromatic ring is 1. The summed E-state index contributed by atoms with van der Waals surface area (Å²) in [4.78, 5) is 8.17. The maximum absolute atomic E-state index is 12.5. The van der Waals surface area contributed by atoms with Crippen LogP contribution in [-0.4, -0.2) is 9.97 Å². The molecule has 0 saturated heterocycles. The number of ether oxygens (including phenoxy) is 1. The first kappa shape index (κ1) is 14.1. The second kappa shape index (κ2) is 4.99. The van der Waals surface area contributed by atoms with E-state index < -0.39 is 11.7 Å². The number of benzene rings is 1. The van der Waals surface area contributed by atoms with Crippen LogP contribution in [0.2, 0.25) is 0 Å². The zero-order chi connectivity index (χ0) is 14.9. The highest BCUT2D eigenvalue weighted by Gasteiger charge is 2.31. The van der Waals surface area contributed by atoms with E-state index >= 15 is 0 Å². The lowest BCUT2D eigenvalue weighted by Gasteiger charge is -2.11. The normalized spacial score (nSPS) is 11.4. The van der Waals surface area contributed by atoms with E-state index in [1.807, 2.05) is 0 Å². The molecule has 1 aromatic carbocycles. The van der Waals surface area contributed by atoms with Gasteiger partial charge in [0, 0.05) is 0 Å². The lowest BCUT2D eigenvalue weighted by Crippen LogP contribution is -2.06. The monoisotopic (exact) mass is 283 g/mol. The van der Waals surface area contributed by atoms with Gasteiger partial charge in [-0.05, 0) is 32.0 Å². The molecule has 4 nitrogen and oxygen atoms in total. The fourth-order valence-corrected chi connectivity index (χ4v) is 1.50. The van der Waals surface area contributed by atoms with Crippen LogP contribution in [0.25, 0.3) is 0 Å². The number of alkyl halides is 3. The van der Waals surface area contributed by atoms with Crippen LogP contribution in [0.15, 0.2) is 24.4 Å². The van der Waals surface area contributed by atoms with Gasteiger partial charge < -0.3 is 10.5 Å². The Morgan fingerprint density at radius 3 is 2.40 bits per heavy atom. The van der Waals surface area contributed by atoms with Crippen molar-refractivity contribution in [1.29, 1.82) is 0 Å². The summed E-state index contributed by atoms with van der Waals surface area (Å²) in [5.41, 5.74) is 6.05. The third-order valence-electron chi connectivity index (χ3n) is 2.72. The van der Waals surface area contributed by atoms with Crippen LogP contribution in [0.4, 0.5) is 18.9 Å². The Bertz CT molecular complexity index is 641. The molecular weight excluding hydrogens is 271 g/mol. The van der Waals surface area contributed by atoms with Gasteiger partial charge in [0.15, 0.2) is 5.75 Å². The zero-order valence-electron chi connectivity index (χ0n) is 10.8. The van der Waals surface area contributed by atoms with Crippen molar-refractivity contribution in [2.24, 2.45) is 0 Å². The molecule has 106 valence electrons. The summed E-state index contributed by atoms with van der Waals surface area (Å²) in [6.07, 6.45) is -3.05. The van der Waals surface area contributed by atoms with Crippen molar-refractivity contribution < 1.29 is 17.9 Å². The summed E-state index contributed by atoms with van der Waals surface area (Å²) in [5.74, 6) is 0.287. The van der Waals surface area contributed by atoms with Crippen molar-refractivity contribution in [3.05, 3.63) is 41.3 Å². The number of hydrogen-bond donors (Lipinski definition) is 1. The Hall–Kier alpha value is -2.31. The minimum absolute atomic E-state index is 0.107. The second-order valence-electron chi connectivity index (χ2n) is 4.23. The van der Waals surface area contributed by atoms with E-state index in [1.54, 1.807) is 13.8 Å². The van der Waals surface area contributed by atoms with E-state index in [0.29, 0.717) is 5.69 Å². The van der Waals surface area contributed by atoms with E-state index in [4.69, 9.17) is 10.5 Å². The number of anilines is 1. The number of halogens is 3. The number of aromatic nitrogens is 2. The highest BCUT2D eigenvalue weighted by Crippen LogP contribution is 2.34. The molecule has 0 fully saturated rings. The molecule has 0 saturated carbocycles. The Morgan fingerprint density at radius 1 is 1.15 bits per heavy atom. The van der Waals surface area contributed by atoms with Gasteiger partial charge in [-0.1, -0.05) is 0 Å². The summed E-state index contributed by atoms with van der Waals surface area (Å²) in [5, 5.41) is 0. The van der Waals surface area contributed by atoms with Gasteiger partial charge in [0.25, 0.3) is 0 Å². The van der Waals surface area contributed by atoms with Gasteiger partial charge in [0.2, 0.25) is 5.88 Å². The topological polar surface area (TPSA) is 61.0 Å². The molecule has 0 aliphatic rings. The summed E-state index contributed by atoms with van der Waals surface area (Å²) in [7, 11) is 0. The van der Waals surface area contributed by atoms with Gasteiger partial charge in [0.05, 0.1) is 28.8 Å². The fourth-order valence-electron chi connectivity index (χ4n) is 1.50. The van der Waals surface area contributed by atoms with Gasteiger partial charge in [-0.15, -0.1) is 0 Å². The molecule has 20 heavy (non-hydrogen) atoms. The molecule has 0 bridgehead atoms. The van der Waals surface area contributed by atoms with Crippen LogP contribution in [0.5, 0.6) is 11.6 Å². The smallest absolute Gasteiger partial charge is 0.416 e. The lowest BCUT2D eigenvalue weighted by atomic mass is 10.2. The quantitative estimate of drug-likeness (QED) is 0.857. The van der Waals surface area contributed by atoms with Crippen LogP contribution < -0.4 is 10.5 Å². The predicted molar refractivity (Wildman–Crippen MR) is 67.4 cm³/mol. The van der Waals surface area contributed by atoms with Crippen LogP contribution >= 0.6 is 0 Å². The molecule has 2 rings (SSSR count). The Kier molecular flexibility index (Phi) is 3.52. The number of nitrogens with zero attached hydrogens (tertiary/aromatic N) is 2. The van der Waals surface area contributed by atoms with Gasteiger partial charge in [-0.2, -0.15) is 13.2 Å². The minimum Gasteiger partial charge on any atom is -0.435 e. The summed E-state index contributed by atoms with van der Waals surface area (Å²) < 4.78 is 42.9. The van der Waals surface area contributed by atoms with E-state index in [0.717, 1.165) is 23.9 Å². The fraction of sp³-hybridized carbons (Fsp3) is 0.231. The van der Waals surface area contributed by atoms with E-state index in [-0.39, 0.29) is 17.3 Å². The molecule has 0 amide bonds. The number of aryl methyl sites for hydroxylation is 2. The predicted octanol–water partition coefficient (Wildman–Crippen LogP) is 3.49. The molecule has 7 heteroatoms. The van der Waals surface area contributed by atoms with E-state index in [9.17, 15) is 13.2 Å². The molecule has 2 aromatic rings.